The lowest BCUT2D eigenvalue weighted by molar-refractivity contribution is -0.144. The molecule has 4 rings (SSSR count). The number of rotatable bonds is 2. The quantitative estimate of drug-likeness (QED) is 0.507. The van der Waals surface area contributed by atoms with E-state index in [4.69, 9.17) is 20.1 Å². The van der Waals surface area contributed by atoms with Gasteiger partial charge in [0.1, 0.15) is 16.9 Å². The summed E-state index contributed by atoms with van der Waals surface area (Å²) in [4.78, 5) is 33.2. The van der Waals surface area contributed by atoms with E-state index in [1.807, 2.05) is 20.8 Å². The van der Waals surface area contributed by atoms with E-state index in [0.717, 1.165) is 10.5 Å². The molecule has 2 amide bonds. The highest BCUT2D eigenvalue weighted by Crippen LogP contribution is 2.36. The van der Waals surface area contributed by atoms with Crippen molar-refractivity contribution < 1.29 is 22.5 Å². The molecule has 3 heterocycles. The number of benzene rings is 1. The average molecular weight is 475 g/mol. The maximum Gasteiger partial charge on any atom is 0.290 e. The molecule has 1 aliphatic heterocycles. The molecule has 1 aliphatic rings. The molecule has 8 heteroatoms. The second-order valence-corrected chi connectivity index (χ2v) is 10.1. The zero-order valence-electron chi connectivity index (χ0n) is 22.1. The van der Waals surface area contributed by atoms with E-state index < -0.39 is 35.6 Å². The summed E-state index contributed by atoms with van der Waals surface area (Å²) in [5.41, 5.74) is 0.792. The van der Waals surface area contributed by atoms with E-state index in [9.17, 15) is 14.0 Å². The van der Waals surface area contributed by atoms with Gasteiger partial charge in [-0.25, -0.2) is 9.37 Å². The molecule has 1 saturated heterocycles. The number of piperazine rings is 1. The molecule has 1 fully saturated rings. The van der Waals surface area contributed by atoms with Gasteiger partial charge in [0.15, 0.2) is 11.3 Å². The Kier molecular flexibility index (Phi) is 4.64. The van der Waals surface area contributed by atoms with Gasteiger partial charge < -0.3 is 14.2 Å². The average Bonchev–Trinajstić information content (AvgIpc) is 3.19. The smallest absolute Gasteiger partial charge is 0.290 e. The first-order valence-electron chi connectivity index (χ1n) is 12.1. The van der Waals surface area contributed by atoms with Crippen molar-refractivity contribution in [1.82, 2.24) is 14.8 Å². The monoisotopic (exact) mass is 474 g/mol. The van der Waals surface area contributed by atoms with Crippen LogP contribution in [0.15, 0.2) is 34.7 Å². The highest BCUT2D eigenvalue weighted by atomic mass is 35.5. The number of furan rings is 1. The van der Waals surface area contributed by atoms with Crippen molar-refractivity contribution in [1.29, 1.82) is 0 Å². The Morgan fingerprint density at radius 2 is 1.97 bits per heavy atom. The fourth-order valence-corrected chi connectivity index (χ4v) is 4.12. The molecule has 174 valence electrons. The summed E-state index contributed by atoms with van der Waals surface area (Å²) >= 11 is 5.84. The van der Waals surface area contributed by atoms with Gasteiger partial charge in [0.2, 0.25) is 5.91 Å². The number of pyridine rings is 1. The summed E-state index contributed by atoms with van der Waals surface area (Å²) in [5.74, 6) is -1.81. The lowest BCUT2D eigenvalue weighted by Gasteiger charge is -2.44. The van der Waals surface area contributed by atoms with Crippen LogP contribution in [0, 0.1) is 5.82 Å². The Morgan fingerprint density at radius 1 is 1.24 bits per heavy atom. The van der Waals surface area contributed by atoms with E-state index in [0.29, 0.717) is 22.4 Å². The summed E-state index contributed by atoms with van der Waals surface area (Å²) in [6.07, 6.45) is 0. The first kappa shape index (κ1) is 19.5. The number of nitrogens with zero attached hydrogens (tertiary/aromatic N) is 3. The molecule has 0 atom stereocenters. The van der Waals surface area contributed by atoms with Gasteiger partial charge in [-0.2, -0.15) is 0 Å². The molecular weight excluding hydrogens is 445 g/mol. The molecule has 0 radical (unpaired) electrons. The van der Waals surface area contributed by atoms with E-state index in [1.165, 1.54) is 36.9 Å². The van der Waals surface area contributed by atoms with Gasteiger partial charge in [-0.05, 0) is 37.5 Å². The predicted octanol–water partition coefficient (Wildman–Crippen LogP) is 5.28. The second kappa shape index (κ2) is 7.83. The van der Waals surface area contributed by atoms with Crippen molar-refractivity contribution in [3.63, 3.8) is 0 Å². The zero-order chi connectivity index (χ0) is 26.8. The minimum Gasteiger partial charge on any atom is -0.449 e. The molecule has 0 spiro atoms. The van der Waals surface area contributed by atoms with Crippen LogP contribution in [-0.2, 0) is 10.2 Å². The van der Waals surface area contributed by atoms with E-state index in [2.05, 4.69) is 4.98 Å². The Balaban J connectivity index is 1.78. The molecule has 3 aromatic rings. The van der Waals surface area contributed by atoms with Crippen molar-refractivity contribution in [3.8, 4) is 11.3 Å². The molecular formula is C25H27ClFN3O3. The fourth-order valence-electron chi connectivity index (χ4n) is 4.00. The summed E-state index contributed by atoms with van der Waals surface area (Å²) in [6.45, 7) is 6.28. The number of carbonyl (C=O) groups is 2. The van der Waals surface area contributed by atoms with Gasteiger partial charge in [0.05, 0.1) is 10.7 Å². The molecule has 33 heavy (non-hydrogen) atoms. The van der Waals surface area contributed by atoms with E-state index in [1.54, 1.807) is 12.1 Å². The number of aromatic nitrogens is 1. The highest BCUT2D eigenvalue weighted by molar-refractivity contribution is 6.30. The number of fused-ring (bicyclic) bond motifs is 1. The number of halogens is 2. The minimum absolute atomic E-state index is 0.00261. The zero-order valence-corrected chi connectivity index (χ0v) is 19.9. The normalized spacial score (nSPS) is 18.3. The lowest BCUT2D eigenvalue weighted by atomic mass is 9.86. The van der Waals surface area contributed by atoms with Crippen LogP contribution in [0.2, 0.25) is 5.02 Å². The Hall–Kier alpha value is -2.93. The predicted molar refractivity (Wildman–Crippen MR) is 126 cm³/mol. The largest absolute Gasteiger partial charge is 0.449 e. The summed E-state index contributed by atoms with van der Waals surface area (Å²) in [7, 11) is 0. The van der Waals surface area contributed by atoms with Crippen LogP contribution in [0.4, 0.5) is 4.39 Å². The summed E-state index contributed by atoms with van der Waals surface area (Å²) in [5, 5.41) is 0.00261. The number of carbonyl (C=O) groups excluding carboxylic acids is 2. The standard InChI is InChI=1S/C25H27ClFN3O3/c1-24(2,3)15-12-18(14-7-8-16(26)17(27)11-14)28-19-13-20(33-21(15)19)22(31)30-10-9-29(6)23(32)25(30,4)5/h7-8,11-13H,9-10H2,1-6H3/i6D3. The van der Waals surface area contributed by atoms with Gasteiger partial charge in [0.25, 0.3) is 5.91 Å². The Labute approximate surface area is 201 Å². The summed E-state index contributed by atoms with van der Waals surface area (Å²) in [6, 6.07) is 7.71. The maximum atomic E-state index is 14.1. The van der Waals surface area contributed by atoms with Crippen LogP contribution >= 0.6 is 11.6 Å². The molecule has 0 unspecified atom stereocenters. The summed E-state index contributed by atoms with van der Waals surface area (Å²) < 4.78 is 43.0. The third-order valence-corrected chi connectivity index (χ3v) is 6.26. The van der Waals surface area contributed by atoms with Crippen LogP contribution in [0.3, 0.4) is 0 Å². The van der Waals surface area contributed by atoms with E-state index >= 15 is 0 Å². The van der Waals surface area contributed by atoms with Gasteiger partial charge in [-0.1, -0.05) is 38.4 Å². The molecule has 0 saturated carbocycles. The molecule has 2 aromatic heterocycles. The molecule has 0 aliphatic carbocycles. The molecule has 0 N–H and O–H groups in total. The van der Waals surface area contributed by atoms with Crippen molar-refractivity contribution in [3.05, 3.63) is 52.5 Å². The van der Waals surface area contributed by atoms with Crippen LogP contribution in [0.5, 0.6) is 0 Å². The Bertz CT molecular complexity index is 1380. The lowest BCUT2D eigenvalue weighted by Crippen LogP contribution is -2.63. The first-order chi connectivity index (χ1) is 16.5. The fraction of sp³-hybridized carbons (Fsp3) is 0.400. The second-order valence-electron chi connectivity index (χ2n) is 9.73. The first-order valence-corrected chi connectivity index (χ1v) is 10.9. The van der Waals surface area contributed by atoms with Gasteiger partial charge in [0, 0.05) is 41.4 Å². The molecule has 0 bridgehead atoms. The van der Waals surface area contributed by atoms with E-state index in [-0.39, 0.29) is 23.9 Å². The number of hydrogen-bond donors (Lipinski definition) is 0. The van der Waals surface area contributed by atoms with Crippen molar-refractivity contribution in [2.75, 3.05) is 20.1 Å². The van der Waals surface area contributed by atoms with Gasteiger partial charge in [-0.15, -0.1) is 0 Å². The maximum absolute atomic E-state index is 14.1. The Morgan fingerprint density at radius 3 is 2.61 bits per heavy atom. The van der Waals surface area contributed by atoms with Crippen LogP contribution in [-0.4, -0.2) is 52.2 Å². The number of likely N-dealkylation sites (N-methyl/N-ethyl adjacent to an activating group) is 1. The van der Waals surface area contributed by atoms with Crippen LogP contribution in [0.1, 0.15) is 54.8 Å². The topological polar surface area (TPSA) is 66.7 Å². The highest BCUT2D eigenvalue weighted by Gasteiger charge is 2.44. The van der Waals surface area contributed by atoms with Gasteiger partial charge >= 0.3 is 0 Å². The minimum atomic E-state index is -2.59. The van der Waals surface area contributed by atoms with Crippen LogP contribution in [0.25, 0.3) is 22.4 Å². The number of amides is 2. The SMILES string of the molecule is [2H]C([2H])([2H])N1CCN(C(=O)c2cc3nc(-c4ccc(Cl)c(F)c4)cc(C(C)(C)C)c3o2)C(C)(C)C1=O. The van der Waals surface area contributed by atoms with Crippen molar-refractivity contribution in [2.45, 2.75) is 45.6 Å². The third-order valence-electron chi connectivity index (χ3n) is 5.95. The number of hydrogen-bond acceptors (Lipinski definition) is 4. The van der Waals surface area contributed by atoms with Crippen molar-refractivity contribution >= 4 is 34.5 Å². The molecule has 1 aromatic carbocycles. The molecule has 6 nitrogen and oxygen atoms in total. The van der Waals surface area contributed by atoms with Gasteiger partial charge in [-0.3, -0.25) is 9.59 Å². The third kappa shape index (κ3) is 3.99. The van der Waals surface area contributed by atoms with Crippen LogP contribution < -0.4 is 0 Å². The van der Waals surface area contributed by atoms with Crippen molar-refractivity contribution in [2.24, 2.45) is 0 Å².